The van der Waals surface area contributed by atoms with Crippen LogP contribution in [0.25, 0.3) is 11.0 Å². The van der Waals surface area contributed by atoms with Gasteiger partial charge in [0.05, 0.1) is 10.5 Å². The number of hydrogen-bond donors (Lipinski definition) is 0. The summed E-state index contributed by atoms with van der Waals surface area (Å²) in [4.78, 5) is 4.63. The number of rotatable bonds is 3. The minimum Gasteiger partial charge on any atom is -0.327 e. The molecule has 2 aromatic rings. The molecule has 0 aliphatic rings. The van der Waals surface area contributed by atoms with Crippen LogP contribution in [0.5, 0.6) is 0 Å². The van der Waals surface area contributed by atoms with E-state index in [1.807, 2.05) is 12.1 Å². The summed E-state index contributed by atoms with van der Waals surface area (Å²) in [7, 11) is 0. The molecule has 0 aliphatic carbocycles. The third kappa shape index (κ3) is 2.81. The lowest BCUT2D eigenvalue weighted by Crippen LogP contribution is -2.17. The van der Waals surface area contributed by atoms with E-state index >= 15 is 0 Å². The van der Waals surface area contributed by atoms with Gasteiger partial charge in [0.25, 0.3) is 0 Å². The zero-order valence-corrected chi connectivity index (χ0v) is 12.5. The van der Waals surface area contributed by atoms with Gasteiger partial charge >= 0.3 is 0 Å². The Morgan fingerprint density at radius 3 is 2.61 bits per heavy atom. The average molecular weight is 285 g/mol. The third-order valence-electron chi connectivity index (χ3n) is 2.76. The maximum Gasteiger partial charge on any atom is 0.111 e. The number of hydrogen-bond acceptors (Lipinski definition) is 1. The fourth-order valence-electron chi connectivity index (χ4n) is 2.09. The van der Waals surface area contributed by atoms with Crippen LogP contribution < -0.4 is 0 Å². The first-order chi connectivity index (χ1) is 8.42. The van der Waals surface area contributed by atoms with Gasteiger partial charge in [-0.15, -0.1) is 11.6 Å². The Morgan fingerprint density at radius 1 is 1.28 bits per heavy atom. The normalized spacial score (nSPS) is 12.3. The smallest absolute Gasteiger partial charge is 0.111 e. The van der Waals surface area contributed by atoms with E-state index in [9.17, 15) is 0 Å². The number of fused-ring (bicyclic) bond motifs is 1. The van der Waals surface area contributed by atoms with E-state index in [0.29, 0.717) is 10.9 Å². The molecular weight excluding hydrogens is 267 g/mol. The van der Waals surface area contributed by atoms with E-state index in [-0.39, 0.29) is 5.41 Å². The second kappa shape index (κ2) is 5.10. The molecule has 0 spiro atoms. The molecule has 0 fully saturated rings. The second-order valence-corrected chi connectivity index (χ2v) is 6.51. The van der Waals surface area contributed by atoms with Crippen LogP contribution in [0.4, 0.5) is 0 Å². The van der Waals surface area contributed by atoms with E-state index in [1.165, 1.54) is 0 Å². The van der Waals surface area contributed by atoms with Crippen LogP contribution in [0.3, 0.4) is 0 Å². The number of imidazole rings is 1. The molecule has 4 heteroatoms. The lowest BCUT2D eigenvalue weighted by atomic mass is 9.96. The van der Waals surface area contributed by atoms with Gasteiger partial charge in [-0.2, -0.15) is 0 Å². The lowest BCUT2D eigenvalue weighted by molar-refractivity contribution is 0.343. The number of halogens is 2. The van der Waals surface area contributed by atoms with E-state index < -0.39 is 0 Å². The van der Waals surface area contributed by atoms with Crippen molar-refractivity contribution < 1.29 is 0 Å². The molecule has 1 aromatic carbocycles. The maximum absolute atomic E-state index is 6.20. The van der Waals surface area contributed by atoms with Crippen LogP contribution in [0.15, 0.2) is 18.2 Å². The molecule has 0 bridgehead atoms. The summed E-state index contributed by atoms with van der Waals surface area (Å²) < 4.78 is 2.24. The first-order valence-electron chi connectivity index (χ1n) is 6.12. The molecule has 1 heterocycles. The molecule has 0 aliphatic heterocycles. The van der Waals surface area contributed by atoms with Gasteiger partial charge in [0.2, 0.25) is 0 Å². The van der Waals surface area contributed by atoms with Crippen molar-refractivity contribution in [2.75, 3.05) is 5.88 Å². The number of benzene rings is 1. The zero-order chi connectivity index (χ0) is 13.3. The molecular formula is C14H18Cl2N2. The van der Waals surface area contributed by atoms with E-state index in [2.05, 4.69) is 36.4 Å². The van der Waals surface area contributed by atoms with Crippen molar-refractivity contribution in [3.63, 3.8) is 0 Å². The number of nitrogens with zero attached hydrogens (tertiary/aromatic N) is 2. The highest BCUT2D eigenvalue weighted by Gasteiger charge is 2.18. The summed E-state index contributed by atoms with van der Waals surface area (Å²) in [5.41, 5.74) is 2.16. The largest absolute Gasteiger partial charge is 0.327 e. The molecule has 0 unspecified atom stereocenters. The van der Waals surface area contributed by atoms with Crippen LogP contribution >= 0.6 is 23.2 Å². The summed E-state index contributed by atoms with van der Waals surface area (Å²) in [6.45, 7) is 7.56. The summed E-state index contributed by atoms with van der Waals surface area (Å²) >= 11 is 12.1. The molecule has 2 rings (SSSR count). The molecule has 0 amide bonds. The lowest BCUT2D eigenvalue weighted by Gasteiger charge is -2.21. The fraction of sp³-hybridized carbons (Fsp3) is 0.500. The molecule has 0 N–H and O–H groups in total. The molecule has 18 heavy (non-hydrogen) atoms. The van der Waals surface area contributed by atoms with Gasteiger partial charge in [-0.25, -0.2) is 4.98 Å². The van der Waals surface area contributed by atoms with Gasteiger partial charge in [-0.3, -0.25) is 0 Å². The van der Waals surface area contributed by atoms with Crippen LogP contribution in [-0.4, -0.2) is 15.4 Å². The van der Waals surface area contributed by atoms with Crippen molar-refractivity contribution >= 4 is 34.2 Å². The molecule has 1 aromatic heterocycles. The molecule has 0 radical (unpaired) electrons. The Morgan fingerprint density at radius 2 is 2.00 bits per heavy atom. The Balaban J connectivity index is 2.59. The fourth-order valence-corrected chi connectivity index (χ4v) is 2.47. The van der Waals surface area contributed by atoms with Crippen LogP contribution in [0.2, 0.25) is 5.02 Å². The Bertz CT molecular complexity index is 553. The molecule has 0 saturated carbocycles. The van der Waals surface area contributed by atoms with Crippen LogP contribution in [-0.2, 0) is 13.0 Å². The average Bonchev–Trinajstić information content (AvgIpc) is 2.58. The molecule has 98 valence electrons. The van der Waals surface area contributed by atoms with Crippen molar-refractivity contribution in [1.29, 1.82) is 0 Å². The Labute approximate surface area is 118 Å². The van der Waals surface area contributed by atoms with E-state index in [4.69, 9.17) is 23.2 Å². The standard InChI is InChI=1S/C14H18Cl2N2/c1-14(2,3)9-18-11-6-4-5-10(16)13(11)17-12(18)7-8-15/h4-6H,7-9H2,1-3H3. The predicted molar refractivity (Wildman–Crippen MR) is 78.6 cm³/mol. The molecule has 2 nitrogen and oxygen atoms in total. The second-order valence-electron chi connectivity index (χ2n) is 5.72. The third-order valence-corrected chi connectivity index (χ3v) is 3.25. The van der Waals surface area contributed by atoms with Gasteiger partial charge in [0, 0.05) is 18.8 Å². The molecule has 0 atom stereocenters. The van der Waals surface area contributed by atoms with Crippen molar-refractivity contribution in [2.45, 2.75) is 33.7 Å². The number of aromatic nitrogens is 2. The van der Waals surface area contributed by atoms with Gasteiger partial charge in [-0.05, 0) is 17.5 Å². The van der Waals surface area contributed by atoms with Gasteiger partial charge < -0.3 is 4.57 Å². The maximum atomic E-state index is 6.20. The van der Waals surface area contributed by atoms with E-state index in [1.54, 1.807) is 0 Å². The summed E-state index contributed by atoms with van der Waals surface area (Å²) in [6, 6.07) is 5.91. The van der Waals surface area contributed by atoms with Crippen molar-refractivity contribution in [2.24, 2.45) is 5.41 Å². The summed E-state index contributed by atoms with van der Waals surface area (Å²) in [5, 5.41) is 0.705. The van der Waals surface area contributed by atoms with E-state index in [0.717, 1.165) is 29.8 Å². The topological polar surface area (TPSA) is 17.8 Å². The van der Waals surface area contributed by atoms with Crippen LogP contribution in [0.1, 0.15) is 26.6 Å². The first-order valence-corrected chi connectivity index (χ1v) is 7.03. The monoisotopic (exact) mass is 284 g/mol. The predicted octanol–water partition coefficient (Wildman–Crippen LogP) is 4.52. The summed E-state index contributed by atoms with van der Waals surface area (Å²) in [5.74, 6) is 1.59. The molecule has 0 saturated heterocycles. The quantitative estimate of drug-likeness (QED) is 0.758. The van der Waals surface area contributed by atoms with Gasteiger partial charge in [0.1, 0.15) is 11.3 Å². The summed E-state index contributed by atoms with van der Waals surface area (Å²) in [6.07, 6.45) is 0.767. The number of alkyl halides is 1. The number of aryl methyl sites for hydroxylation is 1. The highest BCUT2D eigenvalue weighted by Crippen LogP contribution is 2.27. The minimum absolute atomic E-state index is 0.191. The Hall–Kier alpha value is -0.730. The highest BCUT2D eigenvalue weighted by molar-refractivity contribution is 6.34. The van der Waals surface area contributed by atoms with Crippen molar-refractivity contribution in [1.82, 2.24) is 9.55 Å². The zero-order valence-electron chi connectivity index (χ0n) is 11.0. The van der Waals surface area contributed by atoms with Gasteiger partial charge in [0.15, 0.2) is 0 Å². The van der Waals surface area contributed by atoms with Crippen molar-refractivity contribution in [3.8, 4) is 0 Å². The van der Waals surface area contributed by atoms with Crippen LogP contribution in [0, 0.1) is 5.41 Å². The Kier molecular flexibility index (Phi) is 3.88. The SMILES string of the molecule is CC(C)(C)Cn1c(CCCl)nc2c(Cl)cccc21. The first kappa shape index (κ1) is 13.7. The van der Waals surface area contributed by atoms with Crippen molar-refractivity contribution in [3.05, 3.63) is 29.0 Å². The highest BCUT2D eigenvalue weighted by atomic mass is 35.5. The van der Waals surface area contributed by atoms with Gasteiger partial charge in [-0.1, -0.05) is 38.4 Å². The number of para-hydroxylation sites is 1. The minimum atomic E-state index is 0.191.